The van der Waals surface area contributed by atoms with E-state index in [2.05, 4.69) is 9.73 Å². The van der Waals surface area contributed by atoms with Gasteiger partial charge in [-0.1, -0.05) is 0 Å². The lowest BCUT2D eigenvalue weighted by Gasteiger charge is -2.31. The zero-order chi connectivity index (χ0) is 28.1. The van der Waals surface area contributed by atoms with Gasteiger partial charge in [0.15, 0.2) is 0 Å². The minimum absolute atomic E-state index is 0.0646. The Morgan fingerprint density at radius 1 is 1.08 bits per heavy atom. The van der Waals surface area contributed by atoms with Crippen LogP contribution in [0.2, 0.25) is 0 Å². The Bertz CT molecular complexity index is 1170. The van der Waals surface area contributed by atoms with Crippen molar-refractivity contribution in [1.82, 2.24) is 10.2 Å². The average molecular weight is 544 g/mol. The van der Waals surface area contributed by atoms with Crippen molar-refractivity contribution in [3.05, 3.63) is 58.7 Å². The number of hydrogen-bond acceptors (Lipinski definition) is 5. The van der Waals surface area contributed by atoms with E-state index >= 15 is 0 Å². The normalized spacial score (nSPS) is 15.1. The second-order valence-electron chi connectivity index (χ2n) is 8.84. The number of aliphatic imine (C=N–C) groups is 1. The third-order valence-corrected chi connectivity index (χ3v) is 6.06. The number of nitrogens with one attached hydrogen (secondary N) is 1. The summed E-state index contributed by atoms with van der Waals surface area (Å²) in [5.41, 5.74) is 7.47. The molecule has 13 heteroatoms. The number of ether oxygens (including phenoxy) is 1. The zero-order valence-electron chi connectivity index (χ0n) is 20.3. The topological polar surface area (TPSA) is 97.0 Å². The molecule has 1 aliphatic rings. The summed E-state index contributed by atoms with van der Waals surface area (Å²) >= 11 is 0. The van der Waals surface area contributed by atoms with Crippen LogP contribution in [0.3, 0.4) is 0 Å². The second-order valence-corrected chi connectivity index (χ2v) is 8.84. The number of piperidine rings is 1. The lowest BCUT2D eigenvalue weighted by atomic mass is 9.96. The number of hydrogen-bond donors (Lipinski definition) is 2. The highest BCUT2D eigenvalue weighted by Crippen LogP contribution is 2.25. The number of nitrogen functional groups attached to an aromatic ring is 1. The number of likely N-dealkylation sites (tertiary alicyclic amines) is 1. The van der Waals surface area contributed by atoms with Crippen molar-refractivity contribution in [3.8, 4) is 5.75 Å². The van der Waals surface area contributed by atoms with Gasteiger partial charge in [0, 0.05) is 48.2 Å². The third kappa shape index (κ3) is 8.12. The fourth-order valence-electron chi connectivity index (χ4n) is 4.04. The molecular weight excluding hydrogens is 518 g/mol. The van der Waals surface area contributed by atoms with Crippen molar-refractivity contribution in [3.63, 3.8) is 0 Å². The molecule has 0 spiro atoms. The molecule has 206 valence electrons. The molecule has 0 atom stereocenters. The van der Waals surface area contributed by atoms with Gasteiger partial charge < -0.3 is 20.7 Å². The number of alkyl halides is 6. The summed E-state index contributed by atoms with van der Waals surface area (Å²) in [5.74, 6) is -1.42. The summed E-state index contributed by atoms with van der Waals surface area (Å²) in [6.07, 6.45) is -6.56. The van der Waals surface area contributed by atoms with E-state index in [4.69, 9.17) is 5.73 Å². The highest BCUT2D eigenvalue weighted by Gasteiger charge is 2.31. The summed E-state index contributed by atoms with van der Waals surface area (Å²) in [6, 6.07) is 7.53. The highest BCUT2D eigenvalue weighted by molar-refractivity contribution is 6.00. The van der Waals surface area contributed by atoms with Gasteiger partial charge in [0.25, 0.3) is 11.8 Å². The molecule has 2 aromatic rings. The molecule has 0 bridgehead atoms. The predicted octanol–water partition coefficient (Wildman–Crippen LogP) is 4.74. The Kier molecular flexibility index (Phi) is 8.89. The first-order valence-electron chi connectivity index (χ1n) is 11.6. The van der Waals surface area contributed by atoms with E-state index in [9.17, 15) is 35.9 Å². The molecule has 0 radical (unpaired) electrons. The Hall–Kier alpha value is -3.77. The van der Waals surface area contributed by atoms with Crippen LogP contribution in [-0.4, -0.2) is 61.6 Å². The van der Waals surface area contributed by atoms with Gasteiger partial charge in [-0.25, -0.2) is 0 Å². The SMILES string of the molecule is Cc1c(C(=O)NCC(F)(F)F)ccc(N)c1C=NCC1CCN(C(=O)c2ccc(OC(F)(F)F)cc2)CC1. The van der Waals surface area contributed by atoms with Gasteiger partial charge in [-0.05, 0) is 67.6 Å². The predicted molar refractivity (Wildman–Crippen MR) is 128 cm³/mol. The molecule has 3 rings (SSSR count). The molecule has 3 N–H and O–H groups in total. The summed E-state index contributed by atoms with van der Waals surface area (Å²) in [5, 5.41) is 1.84. The number of carbonyl (C=O) groups excluding carboxylic acids is 2. The molecule has 2 aromatic carbocycles. The molecule has 1 saturated heterocycles. The van der Waals surface area contributed by atoms with E-state index in [1.165, 1.54) is 30.5 Å². The highest BCUT2D eigenvalue weighted by atomic mass is 19.4. The van der Waals surface area contributed by atoms with Gasteiger partial charge in [0.2, 0.25) is 0 Å². The van der Waals surface area contributed by atoms with E-state index in [1.807, 2.05) is 5.32 Å². The maximum atomic E-state index is 12.7. The van der Waals surface area contributed by atoms with Gasteiger partial charge in [-0.3, -0.25) is 14.6 Å². The number of anilines is 1. The van der Waals surface area contributed by atoms with Crippen molar-refractivity contribution in [1.29, 1.82) is 0 Å². The van der Waals surface area contributed by atoms with Gasteiger partial charge in [0.1, 0.15) is 12.3 Å². The molecule has 1 heterocycles. The molecule has 0 aromatic heterocycles. The van der Waals surface area contributed by atoms with Gasteiger partial charge in [-0.2, -0.15) is 13.2 Å². The van der Waals surface area contributed by atoms with Crippen LogP contribution in [0.4, 0.5) is 32.0 Å². The molecular formula is C25H26F6N4O3. The van der Waals surface area contributed by atoms with Gasteiger partial charge >= 0.3 is 12.5 Å². The molecule has 0 aliphatic carbocycles. The maximum absolute atomic E-state index is 12.7. The number of nitrogens with zero attached hydrogens (tertiary/aromatic N) is 2. The fourth-order valence-corrected chi connectivity index (χ4v) is 4.04. The van der Waals surface area contributed by atoms with Crippen molar-refractivity contribution in [2.45, 2.75) is 32.3 Å². The molecule has 7 nitrogen and oxygen atoms in total. The van der Waals surface area contributed by atoms with E-state index in [1.54, 1.807) is 11.8 Å². The van der Waals surface area contributed by atoms with Crippen LogP contribution in [0.5, 0.6) is 5.75 Å². The van der Waals surface area contributed by atoms with E-state index < -0.39 is 30.7 Å². The minimum Gasteiger partial charge on any atom is -0.406 e. The largest absolute Gasteiger partial charge is 0.573 e. The van der Waals surface area contributed by atoms with Crippen LogP contribution in [0.1, 0.15) is 44.7 Å². The number of nitrogens with two attached hydrogens (primary N) is 1. The monoisotopic (exact) mass is 544 g/mol. The molecule has 1 aliphatic heterocycles. The van der Waals surface area contributed by atoms with Gasteiger partial charge in [0.05, 0.1) is 0 Å². The van der Waals surface area contributed by atoms with Crippen molar-refractivity contribution >= 4 is 23.7 Å². The van der Waals surface area contributed by atoms with Gasteiger partial charge in [-0.15, -0.1) is 13.2 Å². The Balaban J connectivity index is 1.54. The fraction of sp³-hybridized carbons (Fsp3) is 0.400. The zero-order valence-corrected chi connectivity index (χ0v) is 20.3. The molecule has 0 unspecified atom stereocenters. The molecule has 1 fully saturated rings. The van der Waals surface area contributed by atoms with Crippen LogP contribution in [0.15, 0.2) is 41.4 Å². The standard InChI is InChI=1S/C25H26F6N4O3/c1-15-19(22(36)34-14-24(26,27)28)6-7-21(32)20(15)13-33-12-16-8-10-35(11-9-16)23(37)17-2-4-18(5-3-17)38-25(29,30)31/h2-7,13,16H,8-12,14,32H2,1H3,(H,34,36). The van der Waals surface area contributed by atoms with Crippen LogP contribution >= 0.6 is 0 Å². The Labute approximate surface area is 214 Å². The number of benzene rings is 2. The lowest BCUT2D eigenvalue weighted by Crippen LogP contribution is -2.39. The first-order valence-corrected chi connectivity index (χ1v) is 11.6. The van der Waals surface area contributed by atoms with Crippen LogP contribution in [0.25, 0.3) is 0 Å². The maximum Gasteiger partial charge on any atom is 0.573 e. The van der Waals surface area contributed by atoms with E-state index in [0.29, 0.717) is 49.3 Å². The number of rotatable bonds is 7. The van der Waals surface area contributed by atoms with Crippen molar-refractivity contribution in [2.24, 2.45) is 10.9 Å². The minimum atomic E-state index is -4.81. The lowest BCUT2D eigenvalue weighted by molar-refractivity contribution is -0.274. The van der Waals surface area contributed by atoms with Crippen LogP contribution in [-0.2, 0) is 0 Å². The molecule has 2 amide bonds. The van der Waals surface area contributed by atoms with Crippen LogP contribution < -0.4 is 15.8 Å². The van der Waals surface area contributed by atoms with E-state index in [0.717, 1.165) is 12.1 Å². The number of halogens is 6. The third-order valence-electron chi connectivity index (χ3n) is 6.06. The smallest absolute Gasteiger partial charge is 0.406 e. The summed E-state index contributed by atoms with van der Waals surface area (Å²) in [4.78, 5) is 30.9. The number of amides is 2. The Morgan fingerprint density at radius 2 is 1.71 bits per heavy atom. The van der Waals surface area contributed by atoms with Crippen LogP contribution in [0, 0.1) is 12.8 Å². The molecule has 38 heavy (non-hydrogen) atoms. The first-order chi connectivity index (χ1) is 17.7. The Morgan fingerprint density at radius 3 is 2.29 bits per heavy atom. The number of carbonyl (C=O) groups is 2. The van der Waals surface area contributed by atoms with Crippen molar-refractivity contribution in [2.75, 3.05) is 31.9 Å². The molecule has 0 saturated carbocycles. The first kappa shape index (κ1) is 28.8. The average Bonchev–Trinajstić information content (AvgIpc) is 2.83. The summed E-state index contributed by atoms with van der Waals surface area (Å²) in [6.45, 7) is 1.42. The summed E-state index contributed by atoms with van der Waals surface area (Å²) < 4.78 is 78.0. The van der Waals surface area contributed by atoms with E-state index in [-0.39, 0.29) is 23.0 Å². The second kappa shape index (κ2) is 11.7. The summed E-state index contributed by atoms with van der Waals surface area (Å²) in [7, 11) is 0. The van der Waals surface area contributed by atoms with Crippen molar-refractivity contribution < 1.29 is 40.7 Å². The quantitative estimate of drug-likeness (QED) is 0.299.